The van der Waals surface area contributed by atoms with E-state index in [2.05, 4.69) is 0 Å². The van der Waals surface area contributed by atoms with Crippen LogP contribution >= 0.6 is 0 Å². The van der Waals surface area contributed by atoms with E-state index in [9.17, 15) is 9.50 Å². The van der Waals surface area contributed by atoms with Gasteiger partial charge in [0, 0.05) is 6.42 Å². The van der Waals surface area contributed by atoms with Gasteiger partial charge in [0.1, 0.15) is 0 Å². The van der Waals surface area contributed by atoms with Crippen molar-refractivity contribution >= 4 is 0 Å². The number of halogens is 1. The first-order valence-electron chi connectivity index (χ1n) is 4.04. The van der Waals surface area contributed by atoms with E-state index in [1.165, 1.54) is 0 Å². The number of aliphatic hydroxyl groups is 1. The molecular weight excluding hydrogens is 155 g/mol. The number of aryl methyl sites for hydroxylation is 1. The molecular formula is C10H13FO. The van der Waals surface area contributed by atoms with Gasteiger partial charge in [-0.25, -0.2) is 0 Å². The summed E-state index contributed by atoms with van der Waals surface area (Å²) in [5.41, 5.74) is 1.93. The molecule has 0 aliphatic heterocycles. The summed E-state index contributed by atoms with van der Waals surface area (Å²) >= 11 is 0. The lowest BCUT2D eigenvalue weighted by Crippen LogP contribution is -1.97. The van der Waals surface area contributed by atoms with Crippen LogP contribution < -0.4 is 0 Å². The molecule has 0 fully saturated rings. The highest BCUT2D eigenvalue weighted by Gasteiger charge is 2.05. The SMILES string of the molecule is Cc1ccc(C(O)CCF)cc1. The molecule has 0 spiro atoms. The fourth-order valence-electron chi connectivity index (χ4n) is 1.06. The maximum absolute atomic E-state index is 11.8. The van der Waals surface area contributed by atoms with Gasteiger partial charge in [-0.3, -0.25) is 4.39 Å². The van der Waals surface area contributed by atoms with Gasteiger partial charge in [-0.2, -0.15) is 0 Å². The van der Waals surface area contributed by atoms with Gasteiger partial charge in [0.05, 0.1) is 12.8 Å². The molecule has 0 radical (unpaired) electrons. The Kier molecular flexibility index (Phi) is 3.23. The molecule has 0 aliphatic carbocycles. The smallest absolute Gasteiger partial charge is 0.0922 e. The molecule has 66 valence electrons. The van der Waals surface area contributed by atoms with Crippen LogP contribution in [0, 0.1) is 6.92 Å². The largest absolute Gasteiger partial charge is 0.388 e. The number of rotatable bonds is 3. The standard InChI is InChI=1S/C10H13FO/c1-8-2-4-9(5-3-8)10(12)6-7-11/h2-5,10,12H,6-7H2,1H3. The maximum atomic E-state index is 11.8. The van der Waals surface area contributed by atoms with Crippen molar-refractivity contribution in [1.29, 1.82) is 0 Å². The number of aliphatic hydroxyl groups excluding tert-OH is 1. The van der Waals surface area contributed by atoms with Crippen LogP contribution in [0.5, 0.6) is 0 Å². The Labute approximate surface area is 71.9 Å². The van der Waals surface area contributed by atoms with Crippen LogP contribution in [-0.2, 0) is 0 Å². The van der Waals surface area contributed by atoms with E-state index in [4.69, 9.17) is 0 Å². The molecule has 0 bridgehead atoms. The molecule has 1 rings (SSSR count). The van der Waals surface area contributed by atoms with Crippen molar-refractivity contribution in [3.05, 3.63) is 35.4 Å². The van der Waals surface area contributed by atoms with Crippen LogP contribution in [0.25, 0.3) is 0 Å². The van der Waals surface area contributed by atoms with Crippen molar-refractivity contribution in [2.24, 2.45) is 0 Å². The first-order valence-corrected chi connectivity index (χ1v) is 4.04. The number of hydrogen-bond donors (Lipinski definition) is 1. The minimum absolute atomic E-state index is 0.184. The highest BCUT2D eigenvalue weighted by Crippen LogP contribution is 2.16. The quantitative estimate of drug-likeness (QED) is 0.734. The summed E-state index contributed by atoms with van der Waals surface area (Å²) in [6.07, 6.45) is -0.473. The van der Waals surface area contributed by atoms with Crippen molar-refractivity contribution in [2.45, 2.75) is 19.4 Å². The van der Waals surface area contributed by atoms with Gasteiger partial charge >= 0.3 is 0 Å². The summed E-state index contributed by atoms with van der Waals surface area (Å²) < 4.78 is 11.8. The van der Waals surface area contributed by atoms with E-state index in [0.717, 1.165) is 11.1 Å². The fourth-order valence-corrected chi connectivity index (χ4v) is 1.06. The molecule has 0 saturated carbocycles. The molecule has 0 aliphatic rings. The Morgan fingerprint density at radius 1 is 1.33 bits per heavy atom. The molecule has 1 aromatic carbocycles. The van der Waals surface area contributed by atoms with Crippen LogP contribution in [0.2, 0.25) is 0 Å². The van der Waals surface area contributed by atoms with E-state index in [-0.39, 0.29) is 6.42 Å². The Bertz CT molecular complexity index is 230. The molecule has 0 amide bonds. The summed E-state index contributed by atoms with van der Waals surface area (Å²) in [5, 5.41) is 9.37. The third-order valence-corrected chi connectivity index (χ3v) is 1.84. The first kappa shape index (κ1) is 9.20. The van der Waals surface area contributed by atoms with Crippen molar-refractivity contribution < 1.29 is 9.50 Å². The summed E-state index contributed by atoms with van der Waals surface area (Å²) in [4.78, 5) is 0. The van der Waals surface area contributed by atoms with Gasteiger partial charge < -0.3 is 5.11 Å². The van der Waals surface area contributed by atoms with Gasteiger partial charge in [-0.05, 0) is 12.5 Å². The van der Waals surface area contributed by atoms with Crippen LogP contribution in [0.1, 0.15) is 23.7 Å². The first-order chi connectivity index (χ1) is 5.74. The highest BCUT2D eigenvalue weighted by atomic mass is 19.1. The molecule has 0 heterocycles. The molecule has 1 unspecified atom stereocenters. The second-order valence-corrected chi connectivity index (χ2v) is 2.90. The van der Waals surface area contributed by atoms with Gasteiger partial charge in [0.2, 0.25) is 0 Å². The molecule has 1 atom stereocenters. The van der Waals surface area contributed by atoms with Crippen molar-refractivity contribution in [1.82, 2.24) is 0 Å². The molecule has 1 N–H and O–H groups in total. The second-order valence-electron chi connectivity index (χ2n) is 2.90. The highest BCUT2D eigenvalue weighted by molar-refractivity contribution is 5.22. The minimum Gasteiger partial charge on any atom is -0.388 e. The minimum atomic E-state index is -0.657. The zero-order chi connectivity index (χ0) is 8.97. The van der Waals surface area contributed by atoms with E-state index in [0.29, 0.717) is 0 Å². The maximum Gasteiger partial charge on any atom is 0.0922 e. The van der Waals surface area contributed by atoms with Crippen molar-refractivity contribution in [3.63, 3.8) is 0 Å². The van der Waals surface area contributed by atoms with Crippen LogP contribution in [0.3, 0.4) is 0 Å². The normalized spacial score (nSPS) is 12.9. The Morgan fingerprint density at radius 3 is 2.42 bits per heavy atom. The summed E-state index contributed by atoms with van der Waals surface area (Å²) in [6, 6.07) is 7.49. The summed E-state index contributed by atoms with van der Waals surface area (Å²) in [6.45, 7) is 1.50. The van der Waals surface area contributed by atoms with Crippen molar-refractivity contribution in [3.8, 4) is 0 Å². The van der Waals surface area contributed by atoms with Gasteiger partial charge in [0.15, 0.2) is 0 Å². The average molecular weight is 168 g/mol. The lowest BCUT2D eigenvalue weighted by molar-refractivity contribution is 0.156. The van der Waals surface area contributed by atoms with E-state index in [1.54, 1.807) is 0 Å². The Morgan fingerprint density at radius 2 is 1.92 bits per heavy atom. The summed E-state index contributed by atoms with van der Waals surface area (Å²) in [5.74, 6) is 0. The third kappa shape index (κ3) is 2.31. The van der Waals surface area contributed by atoms with Crippen LogP contribution in [0.4, 0.5) is 4.39 Å². The molecule has 0 aromatic heterocycles. The molecule has 12 heavy (non-hydrogen) atoms. The van der Waals surface area contributed by atoms with E-state index < -0.39 is 12.8 Å². The summed E-state index contributed by atoms with van der Waals surface area (Å²) in [7, 11) is 0. The zero-order valence-corrected chi connectivity index (χ0v) is 7.13. The lowest BCUT2D eigenvalue weighted by Gasteiger charge is -2.08. The zero-order valence-electron chi connectivity index (χ0n) is 7.13. The topological polar surface area (TPSA) is 20.2 Å². The van der Waals surface area contributed by atoms with Gasteiger partial charge in [-0.1, -0.05) is 29.8 Å². The average Bonchev–Trinajstić information content (AvgIpc) is 2.06. The fraction of sp³-hybridized carbons (Fsp3) is 0.400. The lowest BCUT2D eigenvalue weighted by atomic mass is 10.1. The van der Waals surface area contributed by atoms with Crippen LogP contribution in [0.15, 0.2) is 24.3 Å². The third-order valence-electron chi connectivity index (χ3n) is 1.84. The Balaban J connectivity index is 2.68. The Hall–Kier alpha value is -0.890. The molecule has 2 heteroatoms. The van der Waals surface area contributed by atoms with E-state index >= 15 is 0 Å². The number of benzene rings is 1. The molecule has 1 aromatic rings. The molecule has 0 saturated heterocycles. The predicted octanol–water partition coefficient (Wildman–Crippen LogP) is 2.39. The number of hydrogen-bond acceptors (Lipinski definition) is 1. The second kappa shape index (κ2) is 4.21. The number of alkyl halides is 1. The van der Waals surface area contributed by atoms with Gasteiger partial charge in [0.25, 0.3) is 0 Å². The monoisotopic (exact) mass is 168 g/mol. The van der Waals surface area contributed by atoms with E-state index in [1.807, 2.05) is 31.2 Å². The van der Waals surface area contributed by atoms with Gasteiger partial charge in [-0.15, -0.1) is 0 Å². The van der Waals surface area contributed by atoms with Crippen molar-refractivity contribution in [2.75, 3.05) is 6.67 Å². The predicted molar refractivity (Wildman–Crippen MR) is 46.7 cm³/mol. The molecule has 1 nitrogen and oxygen atoms in total. The van der Waals surface area contributed by atoms with Crippen LogP contribution in [-0.4, -0.2) is 11.8 Å².